The van der Waals surface area contributed by atoms with Gasteiger partial charge in [0.05, 0.1) is 16.3 Å². The first-order valence-corrected chi connectivity index (χ1v) is 9.35. The summed E-state index contributed by atoms with van der Waals surface area (Å²) in [5.74, 6) is 0.739. The van der Waals surface area contributed by atoms with Crippen molar-refractivity contribution in [1.29, 1.82) is 21.0 Å². The summed E-state index contributed by atoms with van der Waals surface area (Å²) in [6, 6.07) is 15.0. The van der Waals surface area contributed by atoms with E-state index in [1.807, 2.05) is 48.6 Å². The van der Waals surface area contributed by atoms with Gasteiger partial charge in [0, 0.05) is 11.3 Å². The van der Waals surface area contributed by atoms with Gasteiger partial charge in [0.15, 0.2) is 0 Å². The predicted octanol–water partition coefficient (Wildman–Crippen LogP) is 4.83. The zero-order chi connectivity index (χ0) is 20.6. The van der Waals surface area contributed by atoms with Gasteiger partial charge in [-0.05, 0) is 48.6 Å². The molecule has 29 heavy (non-hydrogen) atoms. The molecule has 0 radical (unpaired) electrons. The van der Waals surface area contributed by atoms with E-state index in [0.29, 0.717) is 6.42 Å². The summed E-state index contributed by atoms with van der Waals surface area (Å²) in [6.07, 6.45) is 9.01. The molecule has 1 atom stereocenters. The number of hydrogen-bond acceptors (Lipinski definition) is 6. The van der Waals surface area contributed by atoms with Gasteiger partial charge in [-0.25, -0.2) is 0 Å². The lowest BCUT2D eigenvalue weighted by molar-refractivity contribution is 0.236. The molecule has 1 aliphatic rings. The van der Waals surface area contributed by atoms with Crippen LogP contribution >= 0.6 is 11.3 Å². The van der Waals surface area contributed by atoms with Crippen LogP contribution in [0.15, 0.2) is 59.7 Å². The van der Waals surface area contributed by atoms with E-state index in [-0.39, 0.29) is 17.3 Å². The van der Waals surface area contributed by atoms with Crippen molar-refractivity contribution in [2.24, 2.45) is 0 Å². The lowest BCUT2D eigenvalue weighted by Crippen LogP contribution is -2.00. The number of hydrogen-bond donors (Lipinski definition) is 1. The number of nitriles is 4. The summed E-state index contributed by atoms with van der Waals surface area (Å²) in [7, 11) is 0. The Kier molecular flexibility index (Phi) is 6.08. The summed E-state index contributed by atoms with van der Waals surface area (Å²) in [5.41, 5.74) is 1.88. The van der Waals surface area contributed by atoms with Crippen LogP contribution < -0.4 is 0 Å². The van der Waals surface area contributed by atoms with Crippen LogP contribution in [0, 0.1) is 45.3 Å². The lowest BCUT2D eigenvalue weighted by Gasteiger charge is -2.07. The Morgan fingerprint density at radius 2 is 1.72 bits per heavy atom. The van der Waals surface area contributed by atoms with Crippen molar-refractivity contribution in [3.63, 3.8) is 0 Å². The first-order chi connectivity index (χ1) is 14.2. The molecule has 2 aromatic heterocycles. The molecule has 1 unspecified atom stereocenters. The third-order valence-electron chi connectivity index (χ3n) is 4.01. The van der Waals surface area contributed by atoms with Gasteiger partial charge in [0.1, 0.15) is 47.3 Å². The van der Waals surface area contributed by atoms with Gasteiger partial charge in [-0.2, -0.15) is 21.0 Å². The van der Waals surface area contributed by atoms with Crippen molar-refractivity contribution in [2.75, 3.05) is 0 Å². The molecule has 0 saturated heterocycles. The SMILES string of the molecule is N#CC(C#N)=C/C=C/C1CC=C(c2ccc(-c3ccc(C=C(C#N)C#N)s3)[nH]2)O1. The molecule has 0 bridgehead atoms. The number of rotatable bonds is 5. The number of aromatic nitrogens is 1. The van der Waals surface area contributed by atoms with Gasteiger partial charge in [-0.15, -0.1) is 11.3 Å². The topological polar surface area (TPSA) is 120 Å². The molecule has 2 aromatic rings. The minimum Gasteiger partial charge on any atom is -0.484 e. The minimum atomic E-state index is -0.152. The molecule has 0 fully saturated rings. The Labute approximate surface area is 171 Å². The summed E-state index contributed by atoms with van der Waals surface area (Å²) in [6.45, 7) is 0. The number of aromatic amines is 1. The van der Waals surface area contributed by atoms with E-state index in [9.17, 15) is 0 Å². The summed E-state index contributed by atoms with van der Waals surface area (Å²) in [4.78, 5) is 5.14. The van der Waals surface area contributed by atoms with E-state index in [1.165, 1.54) is 17.4 Å². The highest BCUT2D eigenvalue weighted by Gasteiger charge is 2.18. The largest absolute Gasteiger partial charge is 0.484 e. The Hall–Kier alpha value is -4.30. The summed E-state index contributed by atoms with van der Waals surface area (Å²) < 4.78 is 5.90. The van der Waals surface area contributed by atoms with Crippen molar-refractivity contribution in [3.05, 3.63) is 70.3 Å². The molecule has 0 saturated carbocycles. The average molecular weight is 395 g/mol. The maximum absolute atomic E-state index is 8.86. The third-order valence-corrected chi connectivity index (χ3v) is 5.08. The number of thiophene rings is 1. The fraction of sp³-hybridized carbons (Fsp3) is 0.0909. The number of nitrogens with one attached hydrogen (secondary N) is 1. The maximum atomic E-state index is 8.86. The van der Waals surface area contributed by atoms with E-state index in [0.717, 1.165) is 26.9 Å². The minimum absolute atomic E-state index is 0.0447. The average Bonchev–Trinajstić information content (AvgIpc) is 3.49. The van der Waals surface area contributed by atoms with Crippen LogP contribution in [0.2, 0.25) is 0 Å². The Bertz CT molecular complexity index is 1180. The smallest absolute Gasteiger partial charge is 0.139 e. The molecular formula is C22H13N5OS. The van der Waals surface area contributed by atoms with Crippen LogP contribution in [0.5, 0.6) is 0 Å². The van der Waals surface area contributed by atoms with Crippen LogP contribution in [-0.2, 0) is 4.74 Å². The van der Waals surface area contributed by atoms with Gasteiger partial charge < -0.3 is 9.72 Å². The monoisotopic (exact) mass is 395 g/mol. The van der Waals surface area contributed by atoms with Crippen LogP contribution in [-0.4, -0.2) is 11.1 Å². The first kappa shape index (κ1) is 19.5. The zero-order valence-corrected chi connectivity index (χ0v) is 15.9. The van der Waals surface area contributed by atoms with Crippen molar-refractivity contribution >= 4 is 23.2 Å². The molecule has 1 N–H and O–H groups in total. The molecule has 138 valence electrons. The standard InChI is InChI=1S/C22H13N5OS/c23-11-15(12-24)2-1-3-17-4-8-21(28-17)19-6-7-20(27-19)22-9-5-18(29-22)10-16(13-25)14-26/h1-3,5-10,17,27H,4H2/b3-1+. The van der Waals surface area contributed by atoms with E-state index >= 15 is 0 Å². The number of H-pyrrole nitrogens is 1. The second-order valence-electron chi connectivity index (χ2n) is 5.92. The molecule has 0 spiro atoms. The summed E-state index contributed by atoms with van der Waals surface area (Å²) >= 11 is 1.48. The second kappa shape index (κ2) is 9.07. The highest BCUT2D eigenvalue weighted by atomic mass is 32.1. The van der Waals surface area contributed by atoms with Gasteiger partial charge in [-0.3, -0.25) is 0 Å². The second-order valence-corrected chi connectivity index (χ2v) is 7.03. The van der Waals surface area contributed by atoms with Crippen LogP contribution in [0.1, 0.15) is 17.0 Å². The molecule has 7 heteroatoms. The van der Waals surface area contributed by atoms with Crippen molar-refractivity contribution in [2.45, 2.75) is 12.5 Å². The highest BCUT2D eigenvalue weighted by molar-refractivity contribution is 7.16. The van der Waals surface area contributed by atoms with Crippen molar-refractivity contribution in [1.82, 2.24) is 4.98 Å². The van der Waals surface area contributed by atoms with Gasteiger partial charge >= 0.3 is 0 Å². The van der Waals surface area contributed by atoms with Crippen molar-refractivity contribution < 1.29 is 4.74 Å². The molecule has 6 nitrogen and oxygen atoms in total. The Balaban J connectivity index is 1.68. The van der Waals surface area contributed by atoms with Gasteiger partial charge in [0.25, 0.3) is 0 Å². The predicted molar refractivity (Wildman–Crippen MR) is 109 cm³/mol. The van der Waals surface area contributed by atoms with E-state index in [2.05, 4.69) is 4.98 Å². The number of ether oxygens (including phenoxy) is 1. The van der Waals surface area contributed by atoms with Crippen LogP contribution in [0.4, 0.5) is 0 Å². The molecule has 0 amide bonds. The Morgan fingerprint density at radius 3 is 2.45 bits per heavy atom. The summed E-state index contributed by atoms with van der Waals surface area (Å²) in [5, 5.41) is 35.2. The highest BCUT2D eigenvalue weighted by Crippen LogP contribution is 2.32. The molecule has 0 aromatic carbocycles. The third kappa shape index (κ3) is 4.71. The molecule has 3 heterocycles. The molecule has 0 aliphatic carbocycles. The molecular weight excluding hydrogens is 382 g/mol. The van der Waals surface area contributed by atoms with E-state index in [1.54, 1.807) is 24.3 Å². The normalized spacial score (nSPS) is 14.6. The van der Waals surface area contributed by atoms with Crippen LogP contribution in [0.25, 0.3) is 22.4 Å². The van der Waals surface area contributed by atoms with Gasteiger partial charge in [-0.1, -0.05) is 6.08 Å². The van der Waals surface area contributed by atoms with E-state index < -0.39 is 0 Å². The van der Waals surface area contributed by atoms with Gasteiger partial charge in [0.2, 0.25) is 0 Å². The van der Waals surface area contributed by atoms with Crippen LogP contribution in [0.3, 0.4) is 0 Å². The zero-order valence-electron chi connectivity index (χ0n) is 15.1. The number of nitrogens with zero attached hydrogens (tertiary/aromatic N) is 4. The first-order valence-electron chi connectivity index (χ1n) is 8.54. The van der Waals surface area contributed by atoms with E-state index in [4.69, 9.17) is 25.8 Å². The Morgan fingerprint density at radius 1 is 1.00 bits per heavy atom. The quantitative estimate of drug-likeness (QED) is 0.574. The van der Waals surface area contributed by atoms with Crippen molar-refractivity contribution in [3.8, 4) is 34.8 Å². The number of allylic oxidation sites excluding steroid dienone is 4. The fourth-order valence-corrected chi connectivity index (χ4v) is 3.57. The fourth-order valence-electron chi connectivity index (χ4n) is 2.64. The maximum Gasteiger partial charge on any atom is 0.139 e. The molecule has 1 aliphatic heterocycles. The molecule has 3 rings (SSSR count). The lowest BCUT2D eigenvalue weighted by atomic mass is 10.2.